The van der Waals surface area contributed by atoms with Gasteiger partial charge in [0, 0.05) is 19.3 Å². The van der Waals surface area contributed by atoms with E-state index in [1.807, 2.05) is 0 Å². The fraction of sp³-hybridized carbons (Fsp3) is 0.708. The minimum Gasteiger partial charge on any atom is -0.462 e. The van der Waals surface area contributed by atoms with Crippen LogP contribution >= 0.6 is 0 Å². The maximum atomic E-state index is 12.9. The van der Waals surface area contributed by atoms with E-state index >= 15 is 0 Å². The summed E-state index contributed by atoms with van der Waals surface area (Å²) in [5.74, 6) is -0.951. The standard InChI is InChI=1S/C72H122O6/c1-4-7-10-13-16-19-22-25-28-31-34-35-36-37-39-41-44-47-50-53-56-59-62-65-71(74)77-68-69(67-76-70(73)64-61-58-55-52-49-46-43-40-33-30-27-24-21-18-15-12-9-6-3)78-72(75)66-63-60-57-54-51-48-45-42-38-32-29-26-23-20-17-14-11-8-5-2/h7,10,16-17,19-20,25-26,28-29,34-35,37,39,44,47,53,56,69H,4-6,8-9,11-15,18,21-24,27,30-33,36,38,40-43,45-46,48-52,54-55,57-68H2,1-3H3/b10-7-,19-16-,20-17-,28-25-,29-26-,35-34-,39-37-,47-44-,56-53-. The van der Waals surface area contributed by atoms with Gasteiger partial charge in [0.2, 0.25) is 0 Å². The first kappa shape index (κ1) is 74.1. The number of allylic oxidation sites excluding steroid dienone is 18. The fourth-order valence-corrected chi connectivity index (χ4v) is 9.11. The van der Waals surface area contributed by atoms with Crippen molar-refractivity contribution in [1.29, 1.82) is 0 Å². The van der Waals surface area contributed by atoms with Crippen LogP contribution in [0, 0.1) is 0 Å². The summed E-state index contributed by atoms with van der Waals surface area (Å²) < 4.78 is 16.9. The zero-order valence-corrected chi connectivity index (χ0v) is 51.2. The number of carbonyl (C=O) groups is 3. The molecule has 0 aliphatic rings. The van der Waals surface area contributed by atoms with Crippen LogP contribution in [0.1, 0.15) is 310 Å². The first-order chi connectivity index (χ1) is 38.5. The van der Waals surface area contributed by atoms with Crippen molar-refractivity contribution in [3.05, 3.63) is 109 Å². The van der Waals surface area contributed by atoms with Gasteiger partial charge in [0.05, 0.1) is 0 Å². The van der Waals surface area contributed by atoms with Crippen LogP contribution in [0.3, 0.4) is 0 Å². The Morgan fingerprint density at radius 3 is 0.859 bits per heavy atom. The lowest BCUT2D eigenvalue weighted by molar-refractivity contribution is -0.167. The van der Waals surface area contributed by atoms with E-state index in [4.69, 9.17) is 14.2 Å². The lowest BCUT2D eigenvalue weighted by atomic mass is 10.0. The van der Waals surface area contributed by atoms with Crippen LogP contribution in [0.4, 0.5) is 0 Å². The molecular weight excluding hydrogens is 961 g/mol. The molecule has 446 valence electrons. The molecule has 0 saturated carbocycles. The lowest BCUT2D eigenvalue weighted by Crippen LogP contribution is -2.30. The van der Waals surface area contributed by atoms with Gasteiger partial charge in [-0.3, -0.25) is 14.4 Å². The second-order valence-corrected chi connectivity index (χ2v) is 21.6. The summed E-state index contributed by atoms with van der Waals surface area (Å²) in [7, 11) is 0. The zero-order valence-electron chi connectivity index (χ0n) is 51.2. The molecule has 0 aromatic heterocycles. The molecule has 0 aliphatic carbocycles. The minimum atomic E-state index is -0.806. The molecule has 0 heterocycles. The average molecular weight is 1080 g/mol. The summed E-state index contributed by atoms with van der Waals surface area (Å²) in [4.78, 5) is 38.4. The molecule has 6 heteroatoms. The molecule has 1 atom stereocenters. The SMILES string of the molecule is CC/C=C\C/C=C\C/C=C\C/C=C\C/C=C\C/C=C\C/C=C\CCCC(=O)OCC(COC(=O)CCCCCCCCCCCCCCCCCCCC)OC(=O)CCCCCCCCCCC/C=C\C/C=C\CCCCC. The summed E-state index contributed by atoms with van der Waals surface area (Å²) in [5, 5.41) is 0. The van der Waals surface area contributed by atoms with Crippen molar-refractivity contribution in [3.8, 4) is 0 Å². The monoisotopic (exact) mass is 1080 g/mol. The van der Waals surface area contributed by atoms with Crippen molar-refractivity contribution in [2.24, 2.45) is 0 Å². The highest BCUT2D eigenvalue weighted by molar-refractivity contribution is 5.71. The summed E-state index contributed by atoms with van der Waals surface area (Å²) >= 11 is 0. The van der Waals surface area contributed by atoms with Crippen LogP contribution in [-0.2, 0) is 28.6 Å². The summed E-state index contributed by atoms with van der Waals surface area (Å²) in [6.45, 7) is 6.48. The highest BCUT2D eigenvalue weighted by Crippen LogP contribution is 2.16. The minimum absolute atomic E-state index is 0.0962. The predicted octanol–water partition coefficient (Wildman–Crippen LogP) is 22.6. The normalized spacial score (nSPS) is 12.8. The zero-order chi connectivity index (χ0) is 56.4. The van der Waals surface area contributed by atoms with E-state index in [0.717, 1.165) is 96.3 Å². The molecule has 0 rings (SSSR count). The molecular formula is C72H122O6. The molecule has 0 N–H and O–H groups in total. The number of hydrogen-bond acceptors (Lipinski definition) is 6. The number of unbranched alkanes of at least 4 members (excludes halogenated alkanes) is 30. The maximum Gasteiger partial charge on any atom is 0.306 e. The van der Waals surface area contributed by atoms with E-state index in [0.29, 0.717) is 19.3 Å². The van der Waals surface area contributed by atoms with Crippen LogP contribution in [0.15, 0.2) is 109 Å². The first-order valence-electron chi connectivity index (χ1n) is 32.9. The van der Waals surface area contributed by atoms with Gasteiger partial charge in [0.15, 0.2) is 6.10 Å². The topological polar surface area (TPSA) is 78.9 Å². The Labute approximate surface area is 482 Å². The summed E-state index contributed by atoms with van der Waals surface area (Å²) in [5.41, 5.74) is 0. The van der Waals surface area contributed by atoms with E-state index in [9.17, 15) is 14.4 Å². The molecule has 78 heavy (non-hydrogen) atoms. The molecule has 0 bridgehead atoms. The highest BCUT2D eigenvalue weighted by atomic mass is 16.6. The number of ether oxygens (including phenoxy) is 3. The van der Waals surface area contributed by atoms with E-state index in [1.54, 1.807) is 0 Å². The second-order valence-electron chi connectivity index (χ2n) is 21.6. The largest absolute Gasteiger partial charge is 0.462 e. The van der Waals surface area contributed by atoms with Gasteiger partial charge in [0.1, 0.15) is 13.2 Å². The molecule has 1 unspecified atom stereocenters. The van der Waals surface area contributed by atoms with Crippen molar-refractivity contribution in [2.45, 2.75) is 316 Å². The molecule has 0 saturated heterocycles. The number of carbonyl (C=O) groups excluding carboxylic acids is 3. The number of hydrogen-bond donors (Lipinski definition) is 0. The van der Waals surface area contributed by atoms with Crippen LogP contribution in [0.2, 0.25) is 0 Å². The maximum absolute atomic E-state index is 12.9. The Morgan fingerprint density at radius 2 is 0.513 bits per heavy atom. The van der Waals surface area contributed by atoms with Crippen LogP contribution in [0.25, 0.3) is 0 Å². The number of rotatable bonds is 59. The smallest absolute Gasteiger partial charge is 0.306 e. The van der Waals surface area contributed by atoms with Gasteiger partial charge in [-0.25, -0.2) is 0 Å². The van der Waals surface area contributed by atoms with Crippen molar-refractivity contribution >= 4 is 17.9 Å². The fourth-order valence-electron chi connectivity index (χ4n) is 9.11. The predicted molar refractivity (Wildman–Crippen MR) is 339 cm³/mol. The molecule has 0 aromatic carbocycles. The summed E-state index contributed by atoms with van der Waals surface area (Å²) in [6, 6.07) is 0. The average Bonchev–Trinajstić information content (AvgIpc) is 3.44. The van der Waals surface area contributed by atoms with E-state index in [1.165, 1.54) is 167 Å². The third-order valence-electron chi connectivity index (χ3n) is 14.0. The van der Waals surface area contributed by atoms with E-state index in [2.05, 4.69) is 130 Å². The van der Waals surface area contributed by atoms with E-state index in [-0.39, 0.29) is 37.5 Å². The van der Waals surface area contributed by atoms with Crippen LogP contribution < -0.4 is 0 Å². The van der Waals surface area contributed by atoms with Crippen molar-refractivity contribution in [3.63, 3.8) is 0 Å². The van der Waals surface area contributed by atoms with Gasteiger partial charge in [-0.05, 0) is 103 Å². The molecule has 0 spiro atoms. The van der Waals surface area contributed by atoms with Gasteiger partial charge in [-0.2, -0.15) is 0 Å². The Kier molecular flexibility index (Phi) is 62.3. The molecule has 0 aliphatic heterocycles. The Hall–Kier alpha value is -3.93. The second kappa shape index (κ2) is 65.6. The van der Waals surface area contributed by atoms with Gasteiger partial charge >= 0.3 is 17.9 Å². The molecule has 6 nitrogen and oxygen atoms in total. The molecule has 0 fully saturated rings. The van der Waals surface area contributed by atoms with Crippen molar-refractivity contribution in [1.82, 2.24) is 0 Å². The third-order valence-corrected chi connectivity index (χ3v) is 14.0. The molecule has 0 amide bonds. The molecule has 0 aromatic rings. The highest BCUT2D eigenvalue weighted by Gasteiger charge is 2.19. The Balaban J connectivity index is 4.48. The number of esters is 3. The van der Waals surface area contributed by atoms with Gasteiger partial charge in [-0.1, -0.05) is 297 Å². The molecule has 0 radical (unpaired) electrons. The van der Waals surface area contributed by atoms with Gasteiger partial charge < -0.3 is 14.2 Å². The van der Waals surface area contributed by atoms with Crippen LogP contribution in [0.5, 0.6) is 0 Å². The summed E-state index contributed by atoms with van der Waals surface area (Å²) in [6.07, 6.45) is 89.5. The van der Waals surface area contributed by atoms with Crippen LogP contribution in [-0.4, -0.2) is 37.2 Å². The van der Waals surface area contributed by atoms with Crippen molar-refractivity contribution < 1.29 is 28.6 Å². The quantitative estimate of drug-likeness (QED) is 0.0261. The Morgan fingerprint density at radius 1 is 0.269 bits per heavy atom. The lowest BCUT2D eigenvalue weighted by Gasteiger charge is -2.18. The first-order valence-corrected chi connectivity index (χ1v) is 32.9. The Bertz CT molecular complexity index is 1570. The van der Waals surface area contributed by atoms with Crippen molar-refractivity contribution in [2.75, 3.05) is 13.2 Å². The van der Waals surface area contributed by atoms with Gasteiger partial charge in [0.25, 0.3) is 0 Å². The van der Waals surface area contributed by atoms with Gasteiger partial charge in [-0.15, -0.1) is 0 Å². The third kappa shape index (κ3) is 62.9. The van der Waals surface area contributed by atoms with E-state index < -0.39 is 6.10 Å².